The summed E-state index contributed by atoms with van der Waals surface area (Å²) in [6.45, 7) is 0. The molecular weight excluding hydrogens is 572 g/mol. The molecular formula is C33H31FN2O4S2. The first-order valence-corrected chi connectivity index (χ1v) is 15.5. The van der Waals surface area contributed by atoms with E-state index in [0.29, 0.717) is 21.8 Å². The van der Waals surface area contributed by atoms with Crippen molar-refractivity contribution in [2.24, 2.45) is 0 Å². The molecule has 1 unspecified atom stereocenters. The lowest BCUT2D eigenvalue weighted by atomic mass is 9.96. The number of anilines is 2. The van der Waals surface area contributed by atoms with Crippen molar-refractivity contribution >= 4 is 51.6 Å². The molecule has 5 rings (SSSR count). The third-order valence-corrected chi connectivity index (χ3v) is 9.55. The van der Waals surface area contributed by atoms with Crippen LogP contribution in [0.15, 0.2) is 83.8 Å². The number of hydrogen-bond donors (Lipinski definition) is 2. The van der Waals surface area contributed by atoms with Gasteiger partial charge in [0.15, 0.2) is 0 Å². The summed E-state index contributed by atoms with van der Waals surface area (Å²) in [5, 5.41) is 5.81. The Bertz CT molecular complexity index is 1570. The first kappa shape index (κ1) is 29.5. The van der Waals surface area contributed by atoms with Gasteiger partial charge in [-0.3, -0.25) is 9.59 Å². The number of fused-ring (bicyclic) bond motifs is 1. The minimum atomic E-state index is -0.635. The van der Waals surface area contributed by atoms with Gasteiger partial charge in [0.05, 0.1) is 12.7 Å². The second kappa shape index (κ2) is 13.8. The summed E-state index contributed by atoms with van der Waals surface area (Å²) in [6, 6.07) is 22.0. The Labute approximate surface area is 252 Å². The van der Waals surface area contributed by atoms with Gasteiger partial charge in [0.1, 0.15) is 16.1 Å². The monoisotopic (exact) mass is 602 g/mol. The van der Waals surface area contributed by atoms with Gasteiger partial charge >= 0.3 is 5.97 Å². The smallest absolute Gasteiger partial charge is 0.341 e. The number of thiophene rings is 1. The average Bonchev–Trinajstić information content (AvgIpc) is 3.31. The second-order valence-corrected chi connectivity index (χ2v) is 12.3. The summed E-state index contributed by atoms with van der Waals surface area (Å²) < 4.78 is 18.4. The Morgan fingerprint density at radius 2 is 1.62 bits per heavy atom. The Morgan fingerprint density at radius 3 is 2.36 bits per heavy atom. The molecule has 0 fully saturated rings. The zero-order valence-electron chi connectivity index (χ0n) is 23.2. The van der Waals surface area contributed by atoms with Crippen LogP contribution in [0.1, 0.15) is 67.7 Å². The summed E-state index contributed by atoms with van der Waals surface area (Å²) in [4.78, 5) is 41.4. The van der Waals surface area contributed by atoms with Crippen molar-refractivity contribution in [3.8, 4) is 0 Å². The van der Waals surface area contributed by atoms with E-state index in [-0.39, 0.29) is 11.8 Å². The standard InChI is InChI=1S/C33H31FN2O4S2/c1-40-33(39)28-26-14-7-2-3-8-15-27(26)42-32(28)36-31(38)29(21-10-5-4-6-11-21)41-25-13-9-12-24(20-25)35-30(37)22-16-18-23(34)19-17-22/h4-6,9-13,16-20,29H,2-3,7-8,14-15H2,1H3,(H,35,37)(H,36,38). The van der Waals surface area contributed by atoms with Crippen molar-refractivity contribution in [2.75, 3.05) is 17.7 Å². The maximum absolute atomic E-state index is 13.9. The lowest BCUT2D eigenvalue weighted by Crippen LogP contribution is -2.20. The molecule has 3 aromatic carbocycles. The van der Waals surface area contributed by atoms with Gasteiger partial charge in [-0.2, -0.15) is 0 Å². The number of ether oxygens (including phenoxy) is 1. The summed E-state index contributed by atoms with van der Waals surface area (Å²) in [7, 11) is 1.37. The van der Waals surface area contributed by atoms with Crippen LogP contribution in [-0.2, 0) is 22.4 Å². The van der Waals surface area contributed by atoms with Gasteiger partial charge in [-0.15, -0.1) is 23.1 Å². The fourth-order valence-electron chi connectivity index (χ4n) is 4.99. The fourth-order valence-corrected chi connectivity index (χ4v) is 7.36. The van der Waals surface area contributed by atoms with Crippen molar-refractivity contribution < 1.29 is 23.5 Å². The van der Waals surface area contributed by atoms with E-state index < -0.39 is 17.0 Å². The summed E-state index contributed by atoms with van der Waals surface area (Å²) in [6.07, 6.45) is 6.00. The molecule has 1 aliphatic carbocycles. The lowest BCUT2D eigenvalue weighted by molar-refractivity contribution is -0.115. The van der Waals surface area contributed by atoms with Crippen molar-refractivity contribution in [2.45, 2.75) is 48.7 Å². The summed E-state index contributed by atoms with van der Waals surface area (Å²) in [5.74, 6) is -1.47. The molecule has 1 aromatic heterocycles. The van der Waals surface area contributed by atoms with Crippen LogP contribution in [0.25, 0.3) is 0 Å². The Hall–Kier alpha value is -3.95. The van der Waals surface area contributed by atoms with E-state index in [4.69, 9.17) is 4.74 Å². The van der Waals surface area contributed by atoms with Crippen LogP contribution >= 0.6 is 23.1 Å². The number of benzene rings is 3. The maximum atomic E-state index is 13.9. The van der Waals surface area contributed by atoms with E-state index in [1.54, 1.807) is 18.2 Å². The second-order valence-electron chi connectivity index (χ2n) is 10.0. The van der Waals surface area contributed by atoms with Crippen LogP contribution in [0.4, 0.5) is 15.1 Å². The van der Waals surface area contributed by atoms with Crippen LogP contribution in [0.2, 0.25) is 0 Å². The largest absolute Gasteiger partial charge is 0.465 e. The number of rotatable bonds is 8. The molecule has 1 atom stereocenters. The molecule has 2 N–H and O–H groups in total. The summed E-state index contributed by atoms with van der Waals surface area (Å²) >= 11 is 2.82. The van der Waals surface area contributed by atoms with Crippen molar-refractivity contribution in [1.29, 1.82) is 0 Å². The van der Waals surface area contributed by atoms with E-state index in [1.165, 1.54) is 54.5 Å². The van der Waals surface area contributed by atoms with Gasteiger partial charge in [-0.1, -0.05) is 49.2 Å². The number of thioether (sulfide) groups is 1. The van der Waals surface area contributed by atoms with E-state index in [1.807, 2.05) is 36.4 Å². The molecule has 0 radical (unpaired) electrons. The number of aryl methyl sites for hydroxylation is 1. The van der Waals surface area contributed by atoms with Crippen molar-refractivity contribution in [3.63, 3.8) is 0 Å². The highest BCUT2D eigenvalue weighted by Gasteiger charge is 2.29. The highest BCUT2D eigenvalue weighted by molar-refractivity contribution is 8.00. The van der Waals surface area contributed by atoms with E-state index in [0.717, 1.165) is 59.4 Å². The number of methoxy groups -OCH3 is 1. The molecule has 9 heteroatoms. The molecule has 4 aromatic rings. The molecule has 1 aliphatic rings. The lowest BCUT2D eigenvalue weighted by Gasteiger charge is -2.18. The number of esters is 1. The number of nitrogens with one attached hydrogen (secondary N) is 2. The highest BCUT2D eigenvalue weighted by Crippen LogP contribution is 2.41. The molecule has 0 saturated carbocycles. The minimum Gasteiger partial charge on any atom is -0.465 e. The molecule has 1 heterocycles. The van der Waals surface area contributed by atoms with Gasteiger partial charge in [-0.05, 0) is 79.3 Å². The van der Waals surface area contributed by atoms with E-state index in [2.05, 4.69) is 10.6 Å². The normalized spacial score (nSPS) is 13.7. The molecule has 42 heavy (non-hydrogen) atoms. The molecule has 0 bridgehead atoms. The van der Waals surface area contributed by atoms with Gasteiger partial charge < -0.3 is 15.4 Å². The molecule has 0 saturated heterocycles. The van der Waals surface area contributed by atoms with Crippen LogP contribution in [0.3, 0.4) is 0 Å². The van der Waals surface area contributed by atoms with Gasteiger partial charge in [0.25, 0.3) is 5.91 Å². The molecule has 0 aliphatic heterocycles. The third kappa shape index (κ3) is 7.09. The van der Waals surface area contributed by atoms with Gasteiger partial charge in [0, 0.05) is 21.0 Å². The molecule has 216 valence electrons. The average molecular weight is 603 g/mol. The molecule has 0 spiro atoms. The predicted molar refractivity (Wildman–Crippen MR) is 166 cm³/mol. The quantitative estimate of drug-likeness (QED) is 0.157. The van der Waals surface area contributed by atoms with Crippen LogP contribution in [-0.4, -0.2) is 24.9 Å². The van der Waals surface area contributed by atoms with Crippen LogP contribution < -0.4 is 10.6 Å². The van der Waals surface area contributed by atoms with Crippen molar-refractivity contribution in [1.82, 2.24) is 0 Å². The predicted octanol–water partition coefficient (Wildman–Crippen LogP) is 8.06. The Morgan fingerprint density at radius 1 is 0.881 bits per heavy atom. The topological polar surface area (TPSA) is 84.5 Å². The van der Waals surface area contributed by atoms with E-state index in [9.17, 15) is 18.8 Å². The Kier molecular flexibility index (Phi) is 9.71. The number of amides is 2. The van der Waals surface area contributed by atoms with E-state index >= 15 is 0 Å². The minimum absolute atomic E-state index is 0.258. The van der Waals surface area contributed by atoms with Crippen LogP contribution in [0.5, 0.6) is 0 Å². The SMILES string of the molecule is COC(=O)c1c(NC(=O)C(Sc2cccc(NC(=O)c3ccc(F)cc3)c2)c2ccccc2)sc2c1CCCCCC2. The number of halogens is 1. The number of carbonyl (C=O) groups excluding carboxylic acids is 3. The van der Waals surface area contributed by atoms with Crippen LogP contribution in [0, 0.1) is 5.82 Å². The van der Waals surface area contributed by atoms with Gasteiger partial charge in [0.2, 0.25) is 5.91 Å². The highest BCUT2D eigenvalue weighted by atomic mass is 32.2. The first-order chi connectivity index (χ1) is 20.4. The number of carbonyl (C=O) groups is 3. The fraction of sp³-hybridized carbons (Fsp3) is 0.242. The maximum Gasteiger partial charge on any atom is 0.341 e. The number of hydrogen-bond acceptors (Lipinski definition) is 6. The van der Waals surface area contributed by atoms with Crippen molar-refractivity contribution in [3.05, 3.63) is 112 Å². The summed E-state index contributed by atoms with van der Waals surface area (Å²) in [5.41, 5.74) is 3.15. The third-order valence-electron chi connectivity index (χ3n) is 7.09. The zero-order chi connectivity index (χ0) is 29.5. The molecule has 6 nitrogen and oxygen atoms in total. The first-order valence-electron chi connectivity index (χ1n) is 13.8. The van der Waals surface area contributed by atoms with Gasteiger partial charge in [-0.25, -0.2) is 9.18 Å². The molecule has 2 amide bonds. The Balaban J connectivity index is 1.40. The zero-order valence-corrected chi connectivity index (χ0v) is 24.8.